The van der Waals surface area contributed by atoms with E-state index in [2.05, 4.69) is 41.7 Å². The number of carbonyl (C=O) groups is 1. The zero-order chi connectivity index (χ0) is 14.0. The van der Waals surface area contributed by atoms with Crippen molar-refractivity contribution in [2.75, 3.05) is 18.0 Å². The van der Waals surface area contributed by atoms with Gasteiger partial charge in [0.05, 0.1) is 12.4 Å². The molecule has 0 amide bonds. The third-order valence-corrected chi connectivity index (χ3v) is 3.34. The van der Waals surface area contributed by atoms with E-state index in [-0.39, 0.29) is 11.1 Å². The lowest BCUT2D eigenvalue weighted by molar-refractivity contribution is 0.0690. The van der Waals surface area contributed by atoms with Gasteiger partial charge < -0.3 is 10.0 Å². The molecule has 2 rings (SSSR count). The fraction of sp³-hybridized carbons (Fsp3) is 0.500. The van der Waals surface area contributed by atoms with Crippen LogP contribution in [0.3, 0.4) is 0 Å². The lowest BCUT2D eigenvalue weighted by Crippen LogP contribution is -2.32. The highest BCUT2D eigenvalue weighted by Gasteiger charge is 2.22. The molecular formula is C14H19N3O2. The van der Waals surface area contributed by atoms with E-state index < -0.39 is 5.97 Å². The molecule has 0 saturated carbocycles. The number of aromatic nitrogens is 2. The van der Waals surface area contributed by atoms with Crippen LogP contribution in [0.4, 0.5) is 5.82 Å². The third-order valence-electron chi connectivity index (χ3n) is 3.34. The molecule has 102 valence electrons. The normalized spacial score (nSPS) is 16.2. The van der Waals surface area contributed by atoms with Crippen molar-refractivity contribution in [3.63, 3.8) is 0 Å². The SMILES string of the molecule is CC(C)(C)C1=CCN(c2cncc(C(=O)O)n2)CC1. The summed E-state index contributed by atoms with van der Waals surface area (Å²) in [6, 6.07) is 0. The van der Waals surface area contributed by atoms with Crippen LogP contribution in [0.5, 0.6) is 0 Å². The maximum absolute atomic E-state index is 10.9. The van der Waals surface area contributed by atoms with Gasteiger partial charge in [0.2, 0.25) is 0 Å². The molecule has 1 N–H and O–H groups in total. The fourth-order valence-corrected chi connectivity index (χ4v) is 2.17. The molecule has 0 atom stereocenters. The summed E-state index contributed by atoms with van der Waals surface area (Å²) in [7, 11) is 0. The summed E-state index contributed by atoms with van der Waals surface area (Å²) >= 11 is 0. The Kier molecular flexibility index (Phi) is 3.55. The lowest BCUT2D eigenvalue weighted by Gasteiger charge is -2.32. The van der Waals surface area contributed by atoms with Crippen LogP contribution in [0.1, 0.15) is 37.7 Å². The quantitative estimate of drug-likeness (QED) is 0.828. The molecule has 0 saturated heterocycles. The van der Waals surface area contributed by atoms with Crippen molar-refractivity contribution in [2.24, 2.45) is 5.41 Å². The molecule has 5 nitrogen and oxygen atoms in total. The van der Waals surface area contributed by atoms with Crippen LogP contribution in [-0.4, -0.2) is 34.1 Å². The maximum atomic E-state index is 10.9. The van der Waals surface area contributed by atoms with Gasteiger partial charge in [-0.2, -0.15) is 0 Å². The van der Waals surface area contributed by atoms with E-state index in [1.54, 1.807) is 6.20 Å². The number of rotatable bonds is 2. The van der Waals surface area contributed by atoms with Gasteiger partial charge in [-0.3, -0.25) is 4.98 Å². The van der Waals surface area contributed by atoms with E-state index in [0.717, 1.165) is 19.5 Å². The molecule has 2 heterocycles. The summed E-state index contributed by atoms with van der Waals surface area (Å²) < 4.78 is 0. The first-order chi connectivity index (χ1) is 8.88. The average molecular weight is 261 g/mol. The fourth-order valence-electron chi connectivity index (χ4n) is 2.17. The molecule has 19 heavy (non-hydrogen) atoms. The number of anilines is 1. The van der Waals surface area contributed by atoms with E-state index in [4.69, 9.17) is 5.11 Å². The molecule has 1 aliphatic rings. The number of hydrogen-bond donors (Lipinski definition) is 1. The highest BCUT2D eigenvalue weighted by atomic mass is 16.4. The van der Waals surface area contributed by atoms with E-state index >= 15 is 0 Å². The molecule has 0 unspecified atom stereocenters. The lowest BCUT2D eigenvalue weighted by atomic mass is 9.83. The Balaban J connectivity index is 2.16. The minimum absolute atomic E-state index is 0.0110. The molecule has 1 aliphatic heterocycles. The summed E-state index contributed by atoms with van der Waals surface area (Å²) in [5.41, 5.74) is 1.62. The Labute approximate surface area is 113 Å². The highest BCUT2D eigenvalue weighted by molar-refractivity contribution is 5.85. The Bertz CT molecular complexity index is 518. The second-order valence-corrected chi connectivity index (χ2v) is 5.74. The van der Waals surface area contributed by atoms with Crippen LogP contribution >= 0.6 is 0 Å². The zero-order valence-electron chi connectivity index (χ0n) is 11.6. The molecule has 5 heteroatoms. The first-order valence-electron chi connectivity index (χ1n) is 6.38. The van der Waals surface area contributed by atoms with Crippen LogP contribution in [-0.2, 0) is 0 Å². The summed E-state index contributed by atoms with van der Waals surface area (Å²) in [6.45, 7) is 8.23. The van der Waals surface area contributed by atoms with Crippen molar-refractivity contribution in [2.45, 2.75) is 27.2 Å². The van der Waals surface area contributed by atoms with Crippen molar-refractivity contribution < 1.29 is 9.90 Å². The van der Waals surface area contributed by atoms with Gasteiger partial charge in [-0.15, -0.1) is 0 Å². The predicted molar refractivity (Wildman–Crippen MR) is 73.4 cm³/mol. The topological polar surface area (TPSA) is 66.3 Å². The Hall–Kier alpha value is -1.91. The molecule has 0 aromatic carbocycles. The van der Waals surface area contributed by atoms with E-state index in [0.29, 0.717) is 5.82 Å². The van der Waals surface area contributed by atoms with E-state index in [1.807, 2.05) is 0 Å². The van der Waals surface area contributed by atoms with Gasteiger partial charge in [0.1, 0.15) is 5.82 Å². The Morgan fingerprint density at radius 1 is 1.37 bits per heavy atom. The van der Waals surface area contributed by atoms with Gasteiger partial charge in [0.25, 0.3) is 0 Å². The summed E-state index contributed by atoms with van der Waals surface area (Å²) in [5, 5.41) is 8.92. The Morgan fingerprint density at radius 3 is 2.63 bits per heavy atom. The number of carboxylic acid groups (broad SMARTS) is 1. The third kappa shape index (κ3) is 3.10. The number of aromatic carboxylic acids is 1. The predicted octanol–water partition coefficient (Wildman–Crippen LogP) is 2.36. The first-order valence-corrected chi connectivity index (χ1v) is 6.38. The second kappa shape index (κ2) is 4.99. The van der Waals surface area contributed by atoms with Crippen LogP contribution < -0.4 is 4.90 Å². The smallest absolute Gasteiger partial charge is 0.356 e. The Morgan fingerprint density at radius 2 is 2.11 bits per heavy atom. The minimum atomic E-state index is -1.04. The number of nitrogens with zero attached hydrogens (tertiary/aromatic N) is 3. The standard InChI is InChI=1S/C14H19N3O2/c1-14(2,3)10-4-6-17(7-5-10)12-9-15-8-11(16-12)13(18)19/h4,8-9H,5-7H2,1-3H3,(H,18,19). The summed E-state index contributed by atoms with van der Waals surface area (Å²) in [6.07, 6.45) is 6.07. The van der Waals surface area contributed by atoms with Crippen molar-refractivity contribution in [3.05, 3.63) is 29.7 Å². The zero-order valence-corrected chi connectivity index (χ0v) is 11.6. The van der Waals surface area contributed by atoms with Crippen molar-refractivity contribution >= 4 is 11.8 Å². The average Bonchev–Trinajstić information content (AvgIpc) is 2.38. The van der Waals surface area contributed by atoms with Crippen molar-refractivity contribution in [3.8, 4) is 0 Å². The first kappa shape index (κ1) is 13.5. The molecule has 1 aromatic rings. The largest absolute Gasteiger partial charge is 0.476 e. The van der Waals surface area contributed by atoms with Gasteiger partial charge >= 0.3 is 5.97 Å². The van der Waals surface area contributed by atoms with Crippen LogP contribution in [0.15, 0.2) is 24.0 Å². The molecule has 1 aromatic heterocycles. The van der Waals surface area contributed by atoms with Crippen molar-refractivity contribution in [1.82, 2.24) is 9.97 Å². The van der Waals surface area contributed by atoms with Gasteiger partial charge in [-0.1, -0.05) is 32.4 Å². The van der Waals surface area contributed by atoms with Crippen molar-refractivity contribution in [1.29, 1.82) is 0 Å². The molecule has 0 bridgehead atoms. The summed E-state index contributed by atoms with van der Waals surface area (Å²) in [4.78, 5) is 21.0. The highest BCUT2D eigenvalue weighted by Crippen LogP contribution is 2.30. The number of hydrogen-bond acceptors (Lipinski definition) is 4. The summed E-state index contributed by atoms with van der Waals surface area (Å²) in [5.74, 6) is -0.415. The minimum Gasteiger partial charge on any atom is -0.476 e. The molecule has 0 fully saturated rings. The monoisotopic (exact) mass is 261 g/mol. The van der Waals surface area contributed by atoms with Crippen LogP contribution in [0.25, 0.3) is 0 Å². The molecule has 0 aliphatic carbocycles. The van der Waals surface area contributed by atoms with Crippen LogP contribution in [0.2, 0.25) is 0 Å². The maximum Gasteiger partial charge on any atom is 0.356 e. The van der Waals surface area contributed by atoms with Gasteiger partial charge in [0.15, 0.2) is 5.69 Å². The molecule has 0 spiro atoms. The van der Waals surface area contributed by atoms with Gasteiger partial charge in [-0.05, 0) is 11.8 Å². The van der Waals surface area contributed by atoms with E-state index in [1.165, 1.54) is 11.8 Å². The second-order valence-electron chi connectivity index (χ2n) is 5.74. The molecular weight excluding hydrogens is 242 g/mol. The van der Waals surface area contributed by atoms with Crippen LogP contribution in [0, 0.1) is 5.41 Å². The van der Waals surface area contributed by atoms with Gasteiger partial charge in [0, 0.05) is 13.1 Å². The van der Waals surface area contributed by atoms with E-state index in [9.17, 15) is 4.79 Å². The van der Waals surface area contributed by atoms with Gasteiger partial charge in [-0.25, -0.2) is 9.78 Å². The number of carboxylic acids is 1. The molecule has 0 radical (unpaired) electrons.